The summed E-state index contributed by atoms with van der Waals surface area (Å²) in [6.07, 6.45) is 0. The number of halogens is 1. The van der Waals surface area contributed by atoms with Crippen molar-refractivity contribution in [3.8, 4) is 23.0 Å². The third kappa shape index (κ3) is 4.28. The van der Waals surface area contributed by atoms with Gasteiger partial charge in [0.05, 0.1) is 46.1 Å². The van der Waals surface area contributed by atoms with Crippen LogP contribution in [0.4, 0.5) is 10.1 Å². The van der Waals surface area contributed by atoms with Crippen molar-refractivity contribution < 1.29 is 32.9 Å². The Morgan fingerprint density at radius 2 is 1.53 bits per heavy atom. The van der Waals surface area contributed by atoms with Gasteiger partial charge in [-0.2, -0.15) is 0 Å². The molecule has 36 heavy (non-hydrogen) atoms. The molecule has 1 heterocycles. The van der Waals surface area contributed by atoms with Crippen LogP contribution in [0, 0.1) is 5.82 Å². The second-order valence-electron chi connectivity index (χ2n) is 8.21. The zero-order valence-electron chi connectivity index (χ0n) is 20.6. The van der Waals surface area contributed by atoms with E-state index in [1.165, 1.54) is 39.4 Å². The molecule has 0 spiro atoms. The number of carbonyl (C=O) groups is 2. The molecule has 0 fully saturated rings. The number of hydrogen-bond donors (Lipinski definition) is 1. The van der Waals surface area contributed by atoms with Crippen molar-refractivity contribution >= 4 is 17.5 Å². The van der Waals surface area contributed by atoms with Crippen molar-refractivity contribution in [1.82, 2.24) is 4.90 Å². The van der Waals surface area contributed by atoms with Gasteiger partial charge in [0.1, 0.15) is 17.3 Å². The number of rotatable bonds is 7. The highest BCUT2D eigenvalue weighted by atomic mass is 19.1. The topological polar surface area (TPSA) is 86.3 Å². The summed E-state index contributed by atoms with van der Waals surface area (Å²) in [6.45, 7) is 0. The number of likely N-dealkylation sites (N-methyl/N-ethyl adjacent to an activating group) is 1. The number of nitrogens with zero attached hydrogens (tertiary/aromatic N) is 1. The average Bonchev–Trinajstić information content (AvgIpc) is 2.90. The lowest BCUT2D eigenvalue weighted by atomic mass is 9.79. The Hall–Kier alpha value is -4.27. The molecule has 3 aromatic carbocycles. The summed E-state index contributed by atoms with van der Waals surface area (Å²) in [6, 6.07) is 13.3. The summed E-state index contributed by atoms with van der Waals surface area (Å²) in [7, 11) is 7.48. The molecule has 2 unspecified atom stereocenters. The molecule has 0 radical (unpaired) electrons. The van der Waals surface area contributed by atoms with Gasteiger partial charge in [0.15, 0.2) is 11.5 Å². The Morgan fingerprint density at radius 1 is 0.861 bits per heavy atom. The van der Waals surface area contributed by atoms with Gasteiger partial charge in [-0.3, -0.25) is 9.59 Å². The van der Waals surface area contributed by atoms with Gasteiger partial charge in [-0.05, 0) is 35.9 Å². The third-order valence-electron chi connectivity index (χ3n) is 6.35. The molecule has 0 saturated carbocycles. The number of ether oxygens (including phenoxy) is 4. The minimum atomic E-state index is -0.980. The van der Waals surface area contributed by atoms with E-state index in [9.17, 15) is 9.59 Å². The minimum Gasteiger partial charge on any atom is -0.497 e. The van der Waals surface area contributed by atoms with E-state index in [0.29, 0.717) is 34.2 Å². The van der Waals surface area contributed by atoms with Gasteiger partial charge >= 0.3 is 0 Å². The van der Waals surface area contributed by atoms with E-state index in [2.05, 4.69) is 5.32 Å². The van der Waals surface area contributed by atoms with Crippen LogP contribution in [0.25, 0.3) is 0 Å². The Kier molecular flexibility index (Phi) is 7.00. The number of amides is 2. The number of hydrogen-bond acceptors (Lipinski definition) is 6. The SMILES string of the molecule is COc1ccc(NC(=O)C2c3cc(OC)c(OC)cc3C(=O)N(C)C2c2ccccc2F)c(OC)c1. The van der Waals surface area contributed by atoms with E-state index < -0.39 is 23.7 Å². The summed E-state index contributed by atoms with van der Waals surface area (Å²) in [5.74, 6) is -0.696. The fourth-order valence-electron chi connectivity index (χ4n) is 4.55. The highest BCUT2D eigenvalue weighted by Gasteiger charge is 2.44. The molecule has 0 bridgehead atoms. The van der Waals surface area contributed by atoms with Crippen LogP contribution in [-0.4, -0.2) is 52.2 Å². The lowest BCUT2D eigenvalue weighted by molar-refractivity contribution is -0.119. The van der Waals surface area contributed by atoms with Crippen molar-refractivity contribution in [2.75, 3.05) is 40.8 Å². The Labute approximate surface area is 208 Å². The predicted octanol–water partition coefficient (Wildman–Crippen LogP) is 4.41. The van der Waals surface area contributed by atoms with Crippen LogP contribution in [0.1, 0.15) is 33.4 Å². The molecule has 0 aliphatic carbocycles. The molecular weight excluding hydrogens is 467 g/mol. The zero-order chi connectivity index (χ0) is 26.0. The summed E-state index contributed by atoms with van der Waals surface area (Å²) < 4.78 is 36.5. The largest absolute Gasteiger partial charge is 0.497 e. The smallest absolute Gasteiger partial charge is 0.254 e. The van der Waals surface area contributed by atoms with Crippen LogP contribution in [0.2, 0.25) is 0 Å². The highest BCUT2D eigenvalue weighted by molar-refractivity contribution is 6.05. The molecule has 2 atom stereocenters. The van der Waals surface area contributed by atoms with E-state index in [-0.39, 0.29) is 17.0 Å². The fourth-order valence-corrected chi connectivity index (χ4v) is 4.55. The molecule has 1 aliphatic heterocycles. The molecule has 2 amide bonds. The van der Waals surface area contributed by atoms with Gasteiger partial charge in [-0.15, -0.1) is 0 Å². The first-order valence-corrected chi connectivity index (χ1v) is 11.1. The second-order valence-corrected chi connectivity index (χ2v) is 8.21. The standard InChI is InChI=1S/C27H27FN2O6/c1-30-25(16-8-6-7-9-19(16)28)24(17-13-22(35-4)23(36-5)14-18(17)27(30)32)26(31)29-20-11-10-15(33-2)12-21(20)34-3/h6-14,24-25H,1-5H3,(H,29,31). The third-order valence-corrected chi connectivity index (χ3v) is 6.35. The molecule has 188 valence electrons. The maximum atomic E-state index is 15.0. The molecule has 0 aromatic heterocycles. The summed E-state index contributed by atoms with van der Waals surface area (Å²) >= 11 is 0. The molecule has 1 N–H and O–H groups in total. The molecule has 9 heteroatoms. The van der Waals surface area contributed by atoms with Gasteiger partial charge < -0.3 is 29.2 Å². The molecule has 8 nitrogen and oxygen atoms in total. The maximum absolute atomic E-state index is 15.0. The van der Waals surface area contributed by atoms with Gasteiger partial charge in [0.2, 0.25) is 5.91 Å². The Morgan fingerprint density at radius 3 is 2.17 bits per heavy atom. The van der Waals surface area contributed by atoms with Crippen LogP contribution in [0.3, 0.4) is 0 Å². The van der Waals surface area contributed by atoms with Crippen LogP contribution >= 0.6 is 0 Å². The van der Waals surface area contributed by atoms with Crippen molar-refractivity contribution in [2.45, 2.75) is 12.0 Å². The van der Waals surface area contributed by atoms with E-state index in [1.807, 2.05) is 0 Å². The number of anilines is 1. The first kappa shape index (κ1) is 24.8. The number of carbonyl (C=O) groups excluding carboxylic acids is 2. The van der Waals surface area contributed by atoms with Crippen molar-refractivity contribution in [1.29, 1.82) is 0 Å². The lowest BCUT2D eigenvalue weighted by Crippen LogP contribution is -2.44. The van der Waals surface area contributed by atoms with Crippen LogP contribution < -0.4 is 24.3 Å². The van der Waals surface area contributed by atoms with Crippen LogP contribution in [-0.2, 0) is 4.79 Å². The fraction of sp³-hybridized carbons (Fsp3) is 0.259. The predicted molar refractivity (Wildman–Crippen MR) is 132 cm³/mol. The molecule has 1 aliphatic rings. The van der Waals surface area contributed by atoms with Crippen LogP contribution in [0.15, 0.2) is 54.6 Å². The number of nitrogens with one attached hydrogen (secondary N) is 1. The van der Waals surface area contributed by atoms with Crippen LogP contribution in [0.5, 0.6) is 23.0 Å². The normalized spacial score (nSPS) is 16.7. The lowest BCUT2D eigenvalue weighted by Gasteiger charge is -2.40. The molecule has 0 saturated heterocycles. The van der Waals surface area contributed by atoms with E-state index in [4.69, 9.17) is 18.9 Å². The van der Waals surface area contributed by atoms with Crippen molar-refractivity contribution in [3.63, 3.8) is 0 Å². The first-order valence-electron chi connectivity index (χ1n) is 11.1. The summed E-state index contributed by atoms with van der Waals surface area (Å²) in [4.78, 5) is 28.7. The monoisotopic (exact) mass is 494 g/mol. The van der Waals surface area contributed by atoms with Gasteiger partial charge in [-0.1, -0.05) is 18.2 Å². The van der Waals surface area contributed by atoms with Crippen molar-refractivity contribution in [2.24, 2.45) is 0 Å². The van der Waals surface area contributed by atoms with Gasteiger partial charge in [-0.25, -0.2) is 4.39 Å². The van der Waals surface area contributed by atoms with E-state index >= 15 is 4.39 Å². The Bertz CT molecular complexity index is 1310. The minimum absolute atomic E-state index is 0.218. The second kappa shape index (κ2) is 10.2. The zero-order valence-corrected chi connectivity index (χ0v) is 20.6. The number of benzene rings is 3. The maximum Gasteiger partial charge on any atom is 0.254 e. The molecule has 3 aromatic rings. The quantitative estimate of drug-likeness (QED) is 0.524. The number of methoxy groups -OCH3 is 4. The summed E-state index contributed by atoms with van der Waals surface area (Å²) in [5, 5.41) is 2.89. The average molecular weight is 495 g/mol. The van der Waals surface area contributed by atoms with Gasteiger partial charge in [0, 0.05) is 24.2 Å². The number of fused-ring (bicyclic) bond motifs is 1. The first-order chi connectivity index (χ1) is 17.3. The van der Waals surface area contributed by atoms with E-state index in [1.54, 1.807) is 55.6 Å². The van der Waals surface area contributed by atoms with Crippen molar-refractivity contribution in [3.05, 3.63) is 77.1 Å². The van der Waals surface area contributed by atoms with E-state index in [0.717, 1.165) is 0 Å². The molecule has 4 rings (SSSR count). The molecular formula is C27H27FN2O6. The van der Waals surface area contributed by atoms with Gasteiger partial charge in [0.25, 0.3) is 5.91 Å². The summed E-state index contributed by atoms with van der Waals surface area (Å²) in [5.41, 5.74) is 1.28. The Balaban J connectivity index is 1.89. The highest BCUT2D eigenvalue weighted by Crippen LogP contribution is 2.46.